The van der Waals surface area contributed by atoms with Gasteiger partial charge in [-0.05, 0) is 49.2 Å². The normalized spacial score (nSPS) is 15.6. The molecule has 1 aliphatic heterocycles. The van der Waals surface area contributed by atoms with E-state index in [-0.39, 0.29) is 0 Å². The predicted octanol–water partition coefficient (Wildman–Crippen LogP) is 5.01. The number of hydrogen-bond donors (Lipinski definition) is 3. The molecule has 0 bridgehead atoms. The lowest BCUT2D eigenvalue weighted by molar-refractivity contribution is 0.749. The van der Waals surface area contributed by atoms with Crippen molar-refractivity contribution in [1.29, 1.82) is 0 Å². The van der Waals surface area contributed by atoms with Gasteiger partial charge >= 0.3 is 0 Å². The number of H-pyrrole nitrogens is 1. The van der Waals surface area contributed by atoms with Crippen molar-refractivity contribution in [3.05, 3.63) is 77.2 Å². The van der Waals surface area contributed by atoms with Crippen molar-refractivity contribution in [1.82, 2.24) is 25.3 Å². The lowest BCUT2D eigenvalue weighted by Crippen LogP contribution is -2.18. The van der Waals surface area contributed by atoms with E-state index in [1.807, 2.05) is 24.3 Å². The fraction of sp³-hybridized carbons (Fsp3) is 0.192. The van der Waals surface area contributed by atoms with Crippen LogP contribution in [0.15, 0.2) is 60.9 Å². The van der Waals surface area contributed by atoms with Crippen LogP contribution in [0.3, 0.4) is 0 Å². The van der Waals surface area contributed by atoms with E-state index in [1.165, 1.54) is 12.0 Å². The van der Waals surface area contributed by atoms with Crippen molar-refractivity contribution in [2.45, 2.75) is 25.3 Å². The first kappa shape index (κ1) is 19.9. The molecule has 2 aromatic carbocycles. The number of aromatic nitrogens is 4. The summed E-state index contributed by atoms with van der Waals surface area (Å²) >= 11 is 1.63. The lowest BCUT2D eigenvalue weighted by Gasteiger charge is -2.05. The summed E-state index contributed by atoms with van der Waals surface area (Å²) in [6, 6.07) is 18.8. The van der Waals surface area contributed by atoms with Crippen molar-refractivity contribution >= 4 is 44.1 Å². The number of fused-ring (bicyclic) bond motifs is 2. The Kier molecular flexibility index (Phi) is 5.23. The molecule has 33 heavy (non-hydrogen) atoms. The monoisotopic (exact) mass is 450 g/mol. The van der Waals surface area contributed by atoms with Gasteiger partial charge in [-0.1, -0.05) is 42.2 Å². The zero-order valence-corrected chi connectivity index (χ0v) is 18.7. The minimum atomic E-state index is 0.298. The van der Waals surface area contributed by atoms with Crippen LogP contribution in [0.25, 0.3) is 21.3 Å². The first-order valence-corrected chi connectivity index (χ1v) is 11.9. The number of hydrogen-bond acceptors (Lipinski definition) is 6. The Morgan fingerprint density at radius 1 is 1.06 bits per heavy atom. The number of rotatable bonds is 4. The number of nitrogens with one attached hydrogen (secondary N) is 3. The molecule has 1 atom stereocenters. The molecule has 1 fully saturated rings. The molecule has 7 heteroatoms. The molecule has 0 amide bonds. The average Bonchev–Trinajstić information content (AvgIpc) is 3.58. The highest BCUT2D eigenvalue weighted by Crippen LogP contribution is 2.31. The average molecular weight is 451 g/mol. The summed E-state index contributed by atoms with van der Waals surface area (Å²) in [4.78, 5) is 18.1. The van der Waals surface area contributed by atoms with Gasteiger partial charge in [0.1, 0.15) is 12.2 Å². The standard InChI is InChI=1S/C26H22N6S/c1-2-5-17(6-3-1)13-24-31-21-11-9-19(14-22(21)32-24)30-26-25-23(28-16-29-26)15-20(33-25)10-8-18-7-4-12-27-18/h1-3,5-6,9,11,14-16,18,27H,4,7,12-13H2,(H,31,32)(H,28,29,30)/t18-/m1/s1. The molecule has 1 saturated heterocycles. The highest BCUT2D eigenvalue weighted by Gasteiger charge is 2.12. The summed E-state index contributed by atoms with van der Waals surface area (Å²) in [6.45, 7) is 1.06. The van der Waals surface area contributed by atoms with Gasteiger partial charge in [0, 0.05) is 12.1 Å². The van der Waals surface area contributed by atoms with E-state index in [0.29, 0.717) is 6.04 Å². The number of thiophene rings is 1. The summed E-state index contributed by atoms with van der Waals surface area (Å²) in [5.41, 5.74) is 5.05. The Balaban J connectivity index is 1.25. The Hall–Kier alpha value is -3.73. The Morgan fingerprint density at radius 3 is 2.88 bits per heavy atom. The Bertz CT molecular complexity index is 1490. The summed E-state index contributed by atoms with van der Waals surface area (Å²) in [5, 5.41) is 6.88. The van der Waals surface area contributed by atoms with E-state index >= 15 is 0 Å². The zero-order chi connectivity index (χ0) is 22.0. The molecule has 0 saturated carbocycles. The van der Waals surface area contributed by atoms with Crippen LogP contribution in [-0.2, 0) is 6.42 Å². The van der Waals surface area contributed by atoms with Crippen molar-refractivity contribution in [3.63, 3.8) is 0 Å². The molecule has 0 unspecified atom stereocenters. The van der Waals surface area contributed by atoms with Gasteiger partial charge in [0.25, 0.3) is 0 Å². The van der Waals surface area contributed by atoms with Crippen LogP contribution in [0.1, 0.15) is 29.1 Å². The molecular formula is C26H22N6S. The van der Waals surface area contributed by atoms with Gasteiger partial charge in [0.2, 0.25) is 0 Å². The smallest absolute Gasteiger partial charge is 0.151 e. The molecular weight excluding hydrogens is 428 g/mol. The first-order chi connectivity index (χ1) is 16.3. The van der Waals surface area contributed by atoms with E-state index in [9.17, 15) is 0 Å². The molecule has 6 nitrogen and oxygen atoms in total. The van der Waals surface area contributed by atoms with Crippen molar-refractivity contribution in [2.75, 3.05) is 11.9 Å². The molecule has 6 rings (SSSR count). The summed E-state index contributed by atoms with van der Waals surface area (Å²) < 4.78 is 1.01. The molecule has 0 aliphatic carbocycles. The lowest BCUT2D eigenvalue weighted by atomic mass is 10.1. The van der Waals surface area contributed by atoms with Crippen molar-refractivity contribution < 1.29 is 0 Å². The number of aromatic amines is 1. The maximum absolute atomic E-state index is 4.74. The maximum atomic E-state index is 4.74. The summed E-state index contributed by atoms with van der Waals surface area (Å²) in [5.74, 6) is 8.40. The van der Waals surface area contributed by atoms with Crippen molar-refractivity contribution in [2.24, 2.45) is 0 Å². The quantitative estimate of drug-likeness (QED) is 0.336. The van der Waals surface area contributed by atoms with Crippen LogP contribution in [0.2, 0.25) is 0 Å². The van der Waals surface area contributed by atoms with Gasteiger partial charge in [-0.2, -0.15) is 0 Å². The predicted molar refractivity (Wildman–Crippen MR) is 134 cm³/mol. The van der Waals surface area contributed by atoms with Crippen LogP contribution < -0.4 is 10.6 Å². The van der Waals surface area contributed by atoms with Gasteiger partial charge in [-0.15, -0.1) is 11.3 Å². The Morgan fingerprint density at radius 2 is 2.00 bits per heavy atom. The maximum Gasteiger partial charge on any atom is 0.151 e. The van der Waals surface area contributed by atoms with Gasteiger partial charge in [0.15, 0.2) is 5.82 Å². The SMILES string of the molecule is C(#C[C@H]1CCCN1)c1cc2ncnc(Nc3ccc4nc(Cc5ccccc5)[nH]c4c3)c2s1. The third-order valence-electron chi connectivity index (χ3n) is 5.75. The van der Waals surface area contributed by atoms with Crippen LogP contribution in [0.4, 0.5) is 11.5 Å². The summed E-state index contributed by atoms with van der Waals surface area (Å²) in [6.07, 6.45) is 4.69. The first-order valence-electron chi connectivity index (χ1n) is 11.1. The minimum absolute atomic E-state index is 0.298. The second-order valence-corrected chi connectivity index (χ2v) is 9.22. The van der Waals surface area contributed by atoms with Gasteiger partial charge in [-0.3, -0.25) is 0 Å². The van der Waals surface area contributed by atoms with Crippen LogP contribution in [0.5, 0.6) is 0 Å². The van der Waals surface area contributed by atoms with E-state index in [2.05, 4.69) is 67.8 Å². The van der Waals surface area contributed by atoms with Crippen LogP contribution in [-0.4, -0.2) is 32.5 Å². The number of nitrogens with zero attached hydrogens (tertiary/aromatic N) is 3. The molecule has 4 heterocycles. The minimum Gasteiger partial charge on any atom is -0.342 e. The van der Waals surface area contributed by atoms with Crippen LogP contribution in [0, 0.1) is 11.8 Å². The van der Waals surface area contributed by atoms with E-state index < -0.39 is 0 Å². The molecule has 162 valence electrons. The van der Waals surface area contributed by atoms with Gasteiger partial charge in [-0.25, -0.2) is 15.0 Å². The highest BCUT2D eigenvalue weighted by atomic mass is 32.1. The second-order valence-electron chi connectivity index (χ2n) is 8.17. The topological polar surface area (TPSA) is 78.5 Å². The van der Waals surface area contributed by atoms with Gasteiger partial charge in [0.05, 0.1) is 32.2 Å². The molecule has 5 aromatic rings. The highest BCUT2D eigenvalue weighted by molar-refractivity contribution is 7.20. The van der Waals surface area contributed by atoms with E-state index in [0.717, 1.165) is 62.8 Å². The van der Waals surface area contributed by atoms with E-state index in [1.54, 1.807) is 17.7 Å². The largest absolute Gasteiger partial charge is 0.342 e. The number of imidazole rings is 1. The molecule has 3 aromatic heterocycles. The van der Waals surface area contributed by atoms with Crippen molar-refractivity contribution in [3.8, 4) is 11.8 Å². The number of benzene rings is 2. The van der Waals surface area contributed by atoms with Gasteiger partial charge < -0.3 is 15.6 Å². The van der Waals surface area contributed by atoms with E-state index in [4.69, 9.17) is 4.98 Å². The fourth-order valence-electron chi connectivity index (χ4n) is 4.12. The second kappa shape index (κ2) is 8.66. The number of anilines is 2. The summed E-state index contributed by atoms with van der Waals surface area (Å²) in [7, 11) is 0. The third kappa shape index (κ3) is 4.31. The molecule has 0 radical (unpaired) electrons. The molecule has 3 N–H and O–H groups in total. The zero-order valence-electron chi connectivity index (χ0n) is 17.9. The molecule has 1 aliphatic rings. The fourth-order valence-corrected chi connectivity index (χ4v) is 5.04. The van der Waals surface area contributed by atoms with Crippen LogP contribution >= 0.6 is 11.3 Å². The third-order valence-corrected chi connectivity index (χ3v) is 6.80. The Labute approximate surface area is 195 Å². The molecule has 0 spiro atoms.